The maximum atomic E-state index is 11.5. The van der Waals surface area contributed by atoms with Crippen molar-refractivity contribution < 1.29 is 14.3 Å². The van der Waals surface area contributed by atoms with Gasteiger partial charge in [0.2, 0.25) is 5.91 Å². The van der Waals surface area contributed by atoms with Crippen LogP contribution in [0.25, 0.3) is 0 Å². The number of carbonyl (C=O) groups is 2. The number of guanidine groups is 1. The maximum absolute atomic E-state index is 11.5. The first-order valence-corrected chi connectivity index (χ1v) is 8.52. The number of nitrogens with zero attached hydrogens (tertiary/aromatic N) is 3. The Labute approximate surface area is 166 Å². The summed E-state index contributed by atoms with van der Waals surface area (Å²) in [4.78, 5) is 30.8. The summed E-state index contributed by atoms with van der Waals surface area (Å²) in [6.07, 6.45) is 2.21. The smallest absolute Gasteiger partial charge is 0.324 e. The average molecular weight is 467 g/mol. The van der Waals surface area contributed by atoms with Gasteiger partial charge in [-0.15, -0.1) is 24.0 Å². The number of nitrogens with one attached hydrogen (secondary N) is 2. The van der Waals surface area contributed by atoms with E-state index in [9.17, 15) is 9.59 Å². The van der Waals surface area contributed by atoms with Gasteiger partial charge in [-0.25, -0.2) is 4.79 Å². The van der Waals surface area contributed by atoms with Gasteiger partial charge in [0.25, 0.3) is 0 Å². The van der Waals surface area contributed by atoms with Gasteiger partial charge in [0, 0.05) is 33.2 Å². The second-order valence-electron chi connectivity index (χ2n) is 7.09. The number of hydrogen-bond acceptors (Lipinski definition) is 4. The minimum Gasteiger partial charge on any atom is -0.372 e. The Morgan fingerprint density at radius 2 is 1.96 bits per heavy atom. The molecular formula is C16H30IN5O3. The van der Waals surface area contributed by atoms with Crippen molar-refractivity contribution in [3.63, 3.8) is 0 Å². The Morgan fingerprint density at radius 1 is 1.32 bits per heavy atom. The molecule has 2 heterocycles. The number of carbonyl (C=O) groups excluding carboxylic acids is 2. The fourth-order valence-corrected chi connectivity index (χ4v) is 2.98. The van der Waals surface area contributed by atoms with Gasteiger partial charge in [-0.1, -0.05) is 0 Å². The number of hydrogen-bond donors (Lipinski definition) is 2. The highest BCUT2D eigenvalue weighted by Gasteiger charge is 2.28. The summed E-state index contributed by atoms with van der Waals surface area (Å²) in [5.74, 6) is 0.619. The quantitative estimate of drug-likeness (QED) is 0.279. The van der Waals surface area contributed by atoms with Gasteiger partial charge in [-0.2, -0.15) is 0 Å². The molecule has 2 aliphatic rings. The second-order valence-corrected chi connectivity index (χ2v) is 7.09. The van der Waals surface area contributed by atoms with Gasteiger partial charge >= 0.3 is 6.03 Å². The molecular weight excluding hydrogens is 437 g/mol. The third-order valence-corrected chi connectivity index (χ3v) is 4.03. The van der Waals surface area contributed by atoms with Crippen LogP contribution in [0.2, 0.25) is 0 Å². The number of aliphatic imine (C=N–C) groups is 1. The first-order valence-electron chi connectivity index (χ1n) is 8.52. The van der Waals surface area contributed by atoms with E-state index in [0.29, 0.717) is 13.1 Å². The molecule has 0 unspecified atom stereocenters. The van der Waals surface area contributed by atoms with Crippen molar-refractivity contribution in [2.24, 2.45) is 4.99 Å². The Bertz CT molecular complexity index is 482. The molecule has 2 N–H and O–H groups in total. The Morgan fingerprint density at radius 3 is 2.44 bits per heavy atom. The van der Waals surface area contributed by atoms with Crippen molar-refractivity contribution in [3.8, 4) is 0 Å². The molecule has 9 heteroatoms. The molecule has 3 amide bonds. The van der Waals surface area contributed by atoms with Crippen LogP contribution < -0.4 is 10.6 Å². The van der Waals surface area contributed by atoms with Crippen LogP contribution in [0.1, 0.15) is 33.6 Å². The number of urea groups is 1. The van der Waals surface area contributed by atoms with E-state index in [2.05, 4.69) is 41.3 Å². The van der Waals surface area contributed by atoms with E-state index in [0.717, 1.165) is 31.9 Å². The number of likely N-dealkylation sites (tertiary alicyclic amines) is 1. The monoisotopic (exact) mass is 467 g/mol. The molecule has 144 valence electrons. The molecule has 0 spiro atoms. The molecule has 2 rings (SSSR count). The van der Waals surface area contributed by atoms with Crippen molar-refractivity contribution in [2.45, 2.75) is 45.3 Å². The molecule has 0 aromatic carbocycles. The predicted molar refractivity (Wildman–Crippen MR) is 107 cm³/mol. The molecule has 25 heavy (non-hydrogen) atoms. The minimum absolute atomic E-state index is 0. The van der Waals surface area contributed by atoms with E-state index in [1.807, 2.05) is 0 Å². The van der Waals surface area contributed by atoms with Crippen LogP contribution in [-0.2, 0) is 9.53 Å². The zero-order valence-corrected chi connectivity index (χ0v) is 17.8. The van der Waals surface area contributed by atoms with Gasteiger partial charge in [0.1, 0.15) is 0 Å². The van der Waals surface area contributed by atoms with Crippen LogP contribution in [0, 0.1) is 0 Å². The van der Waals surface area contributed by atoms with E-state index < -0.39 is 0 Å². The summed E-state index contributed by atoms with van der Waals surface area (Å²) in [5.41, 5.74) is -0.115. The summed E-state index contributed by atoms with van der Waals surface area (Å²) in [5, 5.41) is 5.74. The Hall–Kier alpha value is -1.10. The number of ether oxygens (including phenoxy) is 1. The highest BCUT2D eigenvalue weighted by molar-refractivity contribution is 14.0. The van der Waals surface area contributed by atoms with Crippen molar-refractivity contribution >= 4 is 41.9 Å². The van der Waals surface area contributed by atoms with Gasteiger partial charge in [-0.3, -0.25) is 14.7 Å². The summed E-state index contributed by atoms with van der Waals surface area (Å²) in [6.45, 7) is 8.92. The predicted octanol–water partition coefficient (Wildman–Crippen LogP) is 1.01. The number of imide groups is 1. The number of piperidine rings is 1. The highest BCUT2D eigenvalue weighted by Crippen LogP contribution is 2.20. The molecule has 0 aromatic heterocycles. The largest absolute Gasteiger partial charge is 0.372 e. The van der Waals surface area contributed by atoms with Crippen LogP contribution in [0.4, 0.5) is 4.79 Å². The highest BCUT2D eigenvalue weighted by atomic mass is 127. The summed E-state index contributed by atoms with van der Waals surface area (Å²) in [7, 11) is 1.74. The van der Waals surface area contributed by atoms with Gasteiger partial charge in [0.15, 0.2) is 5.96 Å². The number of amides is 3. The molecule has 8 nitrogen and oxygen atoms in total. The van der Waals surface area contributed by atoms with E-state index in [1.165, 1.54) is 4.90 Å². The normalized spacial score (nSPS) is 19.8. The summed E-state index contributed by atoms with van der Waals surface area (Å²) in [6, 6.07) is -0.322. The third-order valence-electron chi connectivity index (χ3n) is 4.03. The molecule has 0 atom stereocenters. The SMILES string of the molecule is CN=C(NCCN1C(=O)CNC1=O)N1CCC(OC(C)(C)C)CC1.I. The van der Waals surface area contributed by atoms with Crippen LogP contribution in [0.15, 0.2) is 4.99 Å². The second kappa shape index (κ2) is 9.56. The van der Waals surface area contributed by atoms with Crippen LogP contribution in [-0.4, -0.2) is 79.2 Å². The first kappa shape index (κ1) is 21.9. The molecule has 0 aliphatic carbocycles. The van der Waals surface area contributed by atoms with Crippen LogP contribution >= 0.6 is 24.0 Å². The Balaban J connectivity index is 0.00000312. The Kier molecular flexibility index (Phi) is 8.39. The molecule has 0 radical (unpaired) electrons. The summed E-state index contributed by atoms with van der Waals surface area (Å²) < 4.78 is 6.04. The number of rotatable bonds is 4. The summed E-state index contributed by atoms with van der Waals surface area (Å²) >= 11 is 0. The van der Waals surface area contributed by atoms with Gasteiger partial charge in [0.05, 0.1) is 18.2 Å². The lowest BCUT2D eigenvalue weighted by Gasteiger charge is -2.37. The lowest BCUT2D eigenvalue weighted by molar-refractivity contribution is -0.124. The molecule has 2 aliphatic heterocycles. The van der Waals surface area contributed by atoms with Crippen molar-refractivity contribution in [1.29, 1.82) is 0 Å². The van der Waals surface area contributed by atoms with Crippen molar-refractivity contribution in [1.82, 2.24) is 20.4 Å². The van der Waals surface area contributed by atoms with E-state index >= 15 is 0 Å². The zero-order valence-electron chi connectivity index (χ0n) is 15.5. The number of halogens is 1. The molecule has 0 aromatic rings. The molecule has 2 fully saturated rings. The third kappa shape index (κ3) is 6.61. The van der Waals surface area contributed by atoms with Crippen LogP contribution in [0.3, 0.4) is 0 Å². The fraction of sp³-hybridized carbons (Fsp3) is 0.812. The van der Waals surface area contributed by atoms with Crippen molar-refractivity contribution in [3.05, 3.63) is 0 Å². The lowest BCUT2D eigenvalue weighted by atomic mass is 10.1. The maximum Gasteiger partial charge on any atom is 0.324 e. The zero-order chi connectivity index (χ0) is 17.7. The van der Waals surface area contributed by atoms with E-state index in [1.54, 1.807) is 7.05 Å². The van der Waals surface area contributed by atoms with Gasteiger partial charge < -0.3 is 20.3 Å². The van der Waals surface area contributed by atoms with Gasteiger partial charge in [-0.05, 0) is 33.6 Å². The fourth-order valence-electron chi connectivity index (χ4n) is 2.98. The standard InChI is InChI=1S/C16H29N5O3.HI/c1-16(2,3)24-12-5-8-20(9-6-12)14(17-4)18-7-10-21-13(22)11-19-15(21)23;/h12H,5-11H2,1-4H3,(H,17,18)(H,19,23);1H. The van der Waals surface area contributed by atoms with E-state index in [-0.39, 0.29) is 54.2 Å². The molecule has 0 saturated carbocycles. The first-order chi connectivity index (χ1) is 11.3. The molecule has 2 saturated heterocycles. The average Bonchev–Trinajstić information content (AvgIpc) is 2.83. The van der Waals surface area contributed by atoms with Crippen molar-refractivity contribution in [2.75, 3.05) is 39.8 Å². The molecule has 0 bridgehead atoms. The lowest BCUT2D eigenvalue weighted by Crippen LogP contribution is -2.49. The van der Waals surface area contributed by atoms with E-state index in [4.69, 9.17) is 4.74 Å². The topological polar surface area (TPSA) is 86.3 Å². The van der Waals surface area contributed by atoms with Crippen LogP contribution in [0.5, 0.6) is 0 Å². The minimum atomic E-state index is -0.322.